The van der Waals surface area contributed by atoms with E-state index in [0.29, 0.717) is 12.8 Å². The number of pyridine rings is 1. The molecular weight excluding hydrogens is 260 g/mol. The van der Waals surface area contributed by atoms with Gasteiger partial charge in [0.1, 0.15) is 6.04 Å². The summed E-state index contributed by atoms with van der Waals surface area (Å²) in [6.07, 6.45) is 2.83. The fourth-order valence-corrected chi connectivity index (χ4v) is 1.86. The predicted molar refractivity (Wildman–Crippen MR) is 74.5 cm³/mol. The van der Waals surface area contributed by atoms with Crippen LogP contribution in [0.5, 0.6) is 0 Å². The Morgan fingerprint density at radius 1 is 1.40 bits per heavy atom. The average molecular weight is 280 g/mol. The van der Waals surface area contributed by atoms with Crippen LogP contribution in [0, 0.1) is 6.92 Å². The Morgan fingerprint density at radius 3 is 2.70 bits per heavy atom. The molecule has 0 saturated heterocycles. The molecule has 20 heavy (non-hydrogen) atoms. The molecule has 6 heteroatoms. The molecule has 110 valence electrons. The second-order valence-electron chi connectivity index (χ2n) is 4.74. The molecule has 1 aromatic rings. The Hall–Kier alpha value is -2.11. The summed E-state index contributed by atoms with van der Waals surface area (Å²) in [5.74, 6) is -1.40. The van der Waals surface area contributed by atoms with Crippen LogP contribution < -0.4 is 10.9 Å². The van der Waals surface area contributed by atoms with Crippen LogP contribution in [0.1, 0.15) is 31.7 Å². The largest absolute Gasteiger partial charge is 0.480 e. The highest BCUT2D eigenvalue weighted by Gasteiger charge is 2.18. The van der Waals surface area contributed by atoms with Crippen LogP contribution in [-0.4, -0.2) is 27.6 Å². The lowest BCUT2D eigenvalue weighted by molar-refractivity contribution is -0.142. The number of rotatable bonds is 7. The minimum Gasteiger partial charge on any atom is -0.480 e. The van der Waals surface area contributed by atoms with Gasteiger partial charge in [-0.2, -0.15) is 0 Å². The maximum Gasteiger partial charge on any atom is 0.326 e. The molecule has 0 spiro atoms. The summed E-state index contributed by atoms with van der Waals surface area (Å²) in [5, 5.41) is 11.4. The van der Waals surface area contributed by atoms with Gasteiger partial charge in [-0.3, -0.25) is 9.59 Å². The second kappa shape index (κ2) is 7.47. The molecule has 0 saturated carbocycles. The van der Waals surface area contributed by atoms with E-state index >= 15 is 0 Å². The van der Waals surface area contributed by atoms with Crippen molar-refractivity contribution in [2.24, 2.45) is 0 Å². The number of carboxylic acid groups (broad SMARTS) is 1. The van der Waals surface area contributed by atoms with Crippen LogP contribution in [0.3, 0.4) is 0 Å². The standard InChI is InChI=1S/C14H20N2O4/c1-3-4-11(14(19)20)15-12(17)7-8-16-9-10(2)5-6-13(16)18/h5-6,9,11H,3-4,7-8H2,1-2H3,(H,15,17)(H,19,20). The normalized spacial score (nSPS) is 11.9. The molecule has 0 bridgehead atoms. The minimum atomic E-state index is -1.03. The fourth-order valence-electron chi connectivity index (χ4n) is 1.86. The van der Waals surface area contributed by atoms with Gasteiger partial charge in [0.15, 0.2) is 0 Å². The summed E-state index contributed by atoms with van der Waals surface area (Å²) < 4.78 is 1.45. The van der Waals surface area contributed by atoms with Gasteiger partial charge in [0.25, 0.3) is 5.56 Å². The lowest BCUT2D eigenvalue weighted by atomic mass is 10.1. The van der Waals surface area contributed by atoms with Crippen LogP contribution in [0.25, 0.3) is 0 Å². The van der Waals surface area contributed by atoms with Crippen LogP contribution in [0.4, 0.5) is 0 Å². The summed E-state index contributed by atoms with van der Waals surface area (Å²) in [7, 11) is 0. The Kier molecular flexibility index (Phi) is 5.96. The molecule has 0 aliphatic heterocycles. The first-order valence-corrected chi connectivity index (χ1v) is 6.63. The molecule has 1 rings (SSSR count). The Balaban J connectivity index is 2.56. The predicted octanol–water partition coefficient (Wildman–Crippen LogP) is 0.916. The van der Waals surface area contributed by atoms with Crippen molar-refractivity contribution < 1.29 is 14.7 Å². The third kappa shape index (κ3) is 4.87. The first-order chi connectivity index (χ1) is 9.43. The lowest BCUT2D eigenvalue weighted by Crippen LogP contribution is -2.41. The first-order valence-electron chi connectivity index (χ1n) is 6.63. The molecule has 2 N–H and O–H groups in total. The summed E-state index contributed by atoms with van der Waals surface area (Å²) in [5.41, 5.74) is 0.756. The first kappa shape index (κ1) is 15.9. The second-order valence-corrected chi connectivity index (χ2v) is 4.74. The van der Waals surface area contributed by atoms with Gasteiger partial charge >= 0.3 is 5.97 Å². The molecular formula is C14H20N2O4. The molecule has 0 fully saturated rings. The van der Waals surface area contributed by atoms with Crippen molar-refractivity contribution in [1.82, 2.24) is 9.88 Å². The summed E-state index contributed by atoms with van der Waals surface area (Å²) in [4.78, 5) is 34.2. The highest BCUT2D eigenvalue weighted by atomic mass is 16.4. The molecule has 1 aromatic heterocycles. The molecule has 0 aromatic carbocycles. The number of aliphatic carboxylic acids is 1. The topological polar surface area (TPSA) is 88.4 Å². The number of hydrogen-bond donors (Lipinski definition) is 2. The zero-order chi connectivity index (χ0) is 15.1. The molecule has 6 nitrogen and oxygen atoms in total. The molecule has 1 unspecified atom stereocenters. The van der Waals surface area contributed by atoms with Crippen molar-refractivity contribution >= 4 is 11.9 Å². The number of nitrogens with zero attached hydrogens (tertiary/aromatic N) is 1. The van der Waals surface area contributed by atoms with E-state index in [-0.39, 0.29) is 24.4 Å². The molecule has 0 aliphatic rings. The van der Waals surface area contributed by atoms with Gasteiger partial charge in [0, 0.05) is 25.2 Å². The van der Waals surface area contributed by atoms with Gasteiger partial charge in [-0.15, -0.1) is 0 Å². The van der Waals surface area contributed by atoms with Crippen LogP contribution in [0.15, 0.2) is 23.1 Å². The van der Waals surface area contributed by atoms with Gasteiger partial charge in [0.05, 0.1) is 0 Å². The number of carboxylic acids is 1. The van der Waals surface area contributed by atoms with E-state index in [4.69, 9.17) is 5.11 Å². The number of nitrogens with one attached hydrogen (secondary N) is 1. The average Bonchev–Trinajstić information content (AvgIpc) is 2.39. The number of carbonyl (C=O) groups is 2. The Bertz CT molecular complexity index is 536. The summed E-state index contributed by atoms with van der Waals surface area (Å²) >= 11 is 0. The molecule has 0 radical (unpaired) electrons. The van der Waals surface area contributed by atoms with E-state index < -0.39 is 12.0 Å². The third-order valence-corrected chi connectivity index (χ3v) is 2.92. The van der Waals surface area contributed by atoms with E-state index in [2.05, 4.69) is 5.32 Å². The van der Waals surface area contributed by atoms with Crippen LogP contribution in [0.2, 0.25) is 0 Å². The van der Waals surface area contributed by atoms with Crippen molar-refractivity contribution in [3.63, 3.8) is 0 Å². The summed E-state index contributed by atoms with van der Waals surface area (Å²) in [6.45, 7) is 3.96. The fraction of sp³-hybridized carbons (Fsp3) is 0.500. The molecule has 0 aliphatic carbocycles. The van der Waals surface area contributed by atoms with Gasteiger partial charge in [0.2, 0.25) is 5.91 Å². The van der Waals surface area contributed by atoms with Crippen molar-refractivity contribution in [3.8, 4) is 0 Å². The molecule has 1 heterocycles. The molecule has 1 amide bonds. The SMILES string of the molecule is CCCC(NC(=O)CCn1cc(C)ccc1=O)C(=O)O. The van der Waals surface area contributed by atoms with E-state index in [1.807, 2.05) is 13.8 Å². The quantitative estimate of drug-likeness (QED) is 0.777. The van der Waals surface area contributed by atoms with Crippen molar-refractivity contribution in [2.45, 2.75) is 45.7 Å². The zero-order valence-electron chi connectivity index (χ0n) is 11.8. The highest BCUT2D eigenvalue weighted by molar-refractivity contribution is 5.83. The minimum absolute atomic E-state index is 0.0802. The van der Waals surface area contributed by atoms with Crippen molar-refractivity contribution in [2.75, 3.05) is 0 Å². The highest BCUT2D eigenvalue weighted by Crippen LogP contribution is 1.99. The van der Waals surface area contributed by atoms with Crippen molar-refractivity contribution in [1.29, 1.82) is 0 Å². The van der Waals surface area contributed by atoms with Gasteiger partial charge < -0.3 is 15.0 Å². The third-order valence-electron chi connectivity index (χ3n) is 2.92. The Labute approximate surface area is 117 Å². The van der Waals surface area contributed by atoms with Gasteiger partial charge in [-0.1, -0.05) is 19.4 Å². The van der Waals surface area contributed by atoms with Crippen LogP contribution in [-0.2, 0) is 16.1 Å². The maximum atomic E-state index is 11.7. The summed E-state index contributed by atoms with van der Waals surface area (Å²) in [6, 6.07) is 2.30. The van der Waals surface area contributed by atoms with Gasteiger partial charge in [-0.05, 0) is 18.9 Å². The monoisotopic (exact) mass is 280 g/mol. The number of aryl methyl sites for hydroxylation is 2. The number of amides is 1. The number of carbonyl (C=O) groups excluding carboxylic acids is 1. The van der Waals surface area contributed by atoms with Crippen LogP contribution >= 0.6 is 0 Å². The number of hydrogen-bond acceptors (Lipinski definition) is 3. The maximum absolute atomic E-state index is 11.7. The zero-order valence-corrected chi connectivity index (χ0v) is 11.8. The van der Waals surface area contributed by atoms with Crippen molar-refractivity contribution in [3.05, 3.63) is 34.2 Å². The Morgan fingerprint density at radius 2 is 2.10 bits per heavy atom. The van der Waals surface area contributed by atoms with E-state index in [9.17, 15) is 14.4 Å². The smallest absolute Gasteiger partial charge is 0.326 e. The molecule has 1 atom stereocenters. The van der Waals surface area contributed by atoms with E-state index in [1.54, 1.807) is 12.3 Å². The number of aromatic nitrogens is 1. The van der Waals surface area contributed by atoms with Gasteiger partial charge in [-0.25, -0.2) is 4.79 Å². The van der Waals surface area contributed by atoms with E-state index in [0.717, 1.165) is 5.56 Å². The van der Waals surface area contributed by atoms with E-state index in [1.165, 1.54) is 10.6 Å². The lowest BCUT2D eigenvalue weighted by Gasteiger charge is -2.13.